The Kier molecular flexibility index (Phi) is 4.39. The Hall–Kier alpha value is -2.04. The Balaban J connectivity index is 1.94. The largest absolute Gasteiger partial charge is 0.385 e. The number of nitrogens with one attached hydrogen (secondary N) is 3. The molecule has 3 N–H and O–H groups in total. The van der Waals surface area contributed by atoms with Crippen molar-refractivity contribution in [3.63, 3.8) is 0 Å². The maximum absolute atomic E-state index is 11.9. The summed E-state index contributed by atoms with van der Waals surface area (Å²) in [4.78, 5) is 23.0. The highest BCUT2D eigenvalue weighted by Crippen LogP contribution is 2.22. The molecule has 1 aliphatic rings. The molecular formula is C14H19N3O2. The summed E-state index contributed by atoms with van der Waals surface area (Å²) in [5.74, 6) is -0.202. The first kappa shape index (κ1) is 13.4. The third-order valence-electron chi connectivity index (χ3n) is 3.22. The van der Waals surface area contributed by atoms with Crippen LogP contribution in [0.4, 0.5) is 5.69 Å². The van der Waals surface area contributed by atoms with E-state index >= 15 is 0 Å². The molecule has 0 aliphatic carbocycles. The average molecular weight is 261 g/mol. The summed E-state index contributed by atoms with van der Waals surface area (Å²) in [6.45, 7) is 1.35. The number of amides is 2. The zero-order valence-corrected chi connectivity index (χ0v) is 11.1. The van der Waals surface area contributed by atoms with Gasteiger partial charge in [-0.25, -0.2) is 0 Å². The van der Waals surface area contributed by atoms with Crippen LogP contribution in [0, 0.1) is 0 Å². The maximum atomic E-state index is 11.9. The summed E-state index contributed by atoms with van der Waals surface area (Å²) in [5.41, 5.74) is 2.96. The van der Waals surface area contributed by atoms with Gasteiger partial charge in [-0.1, -0.05) is 0 Å². The Bertz CT molecular complexity index is 486. The minimum absolute atomic E-state index is 0.0741. The molecule has 2 rings (SSSR count). The highest BCUT2D eigenvalue weighted by molar-refractivity contribution is 5.95. The topological polar surface area (TPSA) is 70.2 Å². The van der Waals surface area contributed by atoms with Crippen LogP contribution in [0.2, 0.25) is 0 Å². The quantitative estimate of drug-likeness (QED) is 0.754. The number of benzene rings is 1. The van der Waals surface area contributed by atoms with Gasteiger partial charge >= 0.3 is 0 Å². The van der Waals surface area contributed by atoms with Gasteiger partial charge in [-0.2, -0.15) is 0 Å². The highest BCUT2D eigenvalue weighted by Gasteiger charge is 2.12. The molecule has 5 nitrogen and oxygen atoms in total. The van der Waals surface area contributed by atoms with E-state index in [2.05, 4.69) is 16.0 Å². The first-order chi connectivity index (χ1) is 9.20. The summed E-state index contributed by atoms with van der Waals surface area (Å²) in [5, 5.41) is 8.58. The lowest BCUT2D eigenvalue weighted by Crippen LogP contribution is -2.29. The summed E-state index contributed by atoms with van der Waals surface area (Å²) < 4.78 is 0. The fourth-order valence-corrected chi connectivity index (χ4v) is 2.13. The van der Waals surface area contributed by atoms with Gasteiger partial charge in [0.25, 0.3) is 5.91 Å². The second-order valence-electron chi connectivity index (χ2n) is 4.58. The number of aryl methyl sites for hydroxylation is 1. The molecule has 1 aromatic rings. The molecule has 1 heterocycles. The minimum Gasteiger partial charge on any atom is -0.385 e. The van der Waals surface area contributed by atoms with E-state index in [1.165, 1.54) is 5.56 Å². The van der Waals surface area contributed by atoms with Crippen LogP contribution in [0.5, 0.6) is 0 Å². The van der Waals surface area contributed by atoms with Crippen molar-refractivity contribution in [1.29, 1.82) is 0 Å². The molecule has 0 fully saturated rings. The third kappa shape index (κ3) is 3.47. The minimum atomic E-state index is -0.128. The smallest absolute Gasteiger partial charge is 0.251 e. The number of anilines is 1. The first-order valence-electron chi connectivity index (χ1n) is 6.56. The fraction of sp³-hybridized carbons (Fsp3) is 0.429. The molecule has 0 saturated carbocycles. The Labute approximate surface area is 112 Å². The normalized spacial score (nSPS) is 13.1. The van der Waals surface area contributed by atoms with Gasteiger partial charge in [0.05, 0.1) is 0 Å². The van der Waals surface area contributed by atoms with Crippen LogP contribution in [0.25, 0.3) is 0 Å². The SMILES string of the molecule is CNC(=O)CCNC(=O)c1ccc2c(c1)CCCN2. The van der Waals surface area contributed by atoms with E-state index in [9.17, 15) is 9.59 Å². The van der Waals surface area contributed by atoms with Crippen LogP contribution < -0.4 is 16.0 Å². The molecule has 0 atom stereocenters. The number of hydrogen-bond donors (Lipinski definition) is 3. The standard InChI is InChI=1S/C14H19N3O2/c1-15-13(18)6-8-17-14(19)11-4-5-12-10(9-11)3-2-7-16-12/h4-5,9,16H,2-3,6-8H2,1H3,(H,15,18)(H,17,19). The molecule has 5 heteroatoms. The van der Waals surface area contributed by atoms with Crippen LogP contribution in [0.3, 0.4) is 0 Å². The van der Waals surface area contributed by atoms with Crippen LogP contribution in [-0.4, -0.2) is 32.0 Å². The summed E-state index contributed by atoms with van der Waals surface area (Å²) in [6, 6.07) is 5.69. The molecule has 19 heavy (non-hydrogen) atoms. The van der Waals surface area contributed by atoms with Gasteiger partial charge in [-0.15, -0.1) is 0 Å². The van der Waals surface area contributed by atoms with E-state index in [1.54, 1.807) is 7.05 Å². The molecule has 1 aromatic carbocycles. The molecule has 0 bridgehead atoms. The number of fused-ring (bicyclic) bond motifs is 1. The lowest BCUT2D eigenvalue weighted by atomic mass is 10.0. The van der Waals surface area contributed by atoms with Crippen LogP contribution >= 0.6 is 0 Å². The number of rotatable bonds is 4. The molecule has 2 amide bonds. The predicted octanol–water partition coefficient (Wildman–Crippen LogP) is 0.911. The Morgan fingerprint density at radius 2 is 2.21 bits per heavy atom. The van der Waals surface area contributed by atoms with Crippen molar-refractivity contribution in [1.82, 2.24) is 10.6 Å². The fourth-order valence-electron chi connectivity index (χ4n) is 2.13. The van der Waals surface area contributed by atoms with Gasteiger partial charge in [0, 0.05) is 37.8 Å². The van der Waals surface area contributed by atoms with E-state index in [4.69, 9.17) is 0 Å². The van der Waals surface area contributed by atoms with Crippen LogP contribution in [0.15, 0.2) is 18.2 Å². The van der Waals surface area contributed by atoms with Crippen molar-refractivity contribution in [3.05, 3.63) is 29.3 Å². The maximum Gasteiger partial charge on any atom is 0.251 e. The van der Waals surface area contributed by atoms with E-state index in [-0.39, 0.29) is 11.8 Å². The van der Waals surface area contributed by atoms with Gasteiger partial charge < -0.3 is 16.0 Å². The summed E-state index contributed by atoms with van der Waals surface area (Å²) in [6.07, 6.45) is 2.39. The average Bonchev–Trinajstić information content (AvgIpc) is 2.46. The number of hydrogen-bond acceptors (Lipinski definition) is 3. The molecule has 0 saturated heterocycles. The number of carbonyl (C=O) groups excluding carboxylic acids is 2. The molecule has 0 unspecified atom stereocenters. The Morgan fingerprint density at radius 1 is 1.37 bits per heavy atom. The van der Waals surface area contributed by atoms with E-state index in [1.807, 2.05) is 18.2 Å². The molecule has 1 aliphatic heterocycles. The second kappa shape index (κ2) is 6.22. The van der Waals surface area contributed by atoms with Gasteiger partial charge in [-0.05, 0) is 36.6 Å². The van der Waals surface area contributed by atoms with Crippen molar-refractivity contribution in [2.75, 3.05) is 25.5 Å². The first-order valence-corrected chi connectivity index (χ1v) is 6.56. The molecular weight excluding hydrogens is 242 g/mol. The van der Waals surface area contributed by atoms with Crippen molar-refractivity contribution in [2.45, 2.75) is 19.3 Å². The summed E-state index contributed by atoms with van der Waals surface area (Å²) in [7, 11) is 1.58. The van der Waals surface area contributed by atoms with Gasteiger partial charge in [0.2, 0.25) is 5.91 Å². The van der Waals surface area contributed by atoms with Crippen molar-refractivity contribution in [2.24, 2.45) is 0 Å². The zero-order chi connectivity index (χ0) is 13.7. The molecule has 0 aromatic heterocycles. The van der Waals surface area contributed by atoms with Crippen molar-refractivity contribution in [3.8, 4) is 0 Å². The third-order valence-corrected chi connectivity index (χ3v) is 3.22. The number of carbonyl (C=O) groups is 2. The highest BCUT2D eigenvalue weighted by atomic mass is 16.2. The van der Waals surface area contributed by atoms with E-state index < -0.39 is 0 Å². The lowest BCUT2D eigenvalue weighted by Gasteiger charge is -2.18. The van der Waals surface area contributed by atoms with E-state index in [0.29, 0.717) is 18.5 Å². The van der Waals surface area contributed by atoms with Gasteiger partial charge in [-0.3, -0.25) is 9.59 Å². The van der Waals surface area contributed by atoms with Gasteiger partial charge in [0.1, 0.15) is 0 Å². The van der Waals surface area contributed by atoms with Gasteiger partial charge in [0.15, 0.2) is 0 Å². The molecule has 0 radical (unpaired) electrons. The van der Waals surface area contributed by atoms with Crippen molar-refractivity contribution >= 4 is 17.5 Å². The zero-order valence-electron chi connectivity index (χ0n) is 11.1. The monoisotopic (exact) mass is 261 g/mol. The molecule has 0 spiro atoms. The lowest BCUT2D eigenvalue weighted by molar-refractivity contribution is -0.120. The van der Waals surface area contributed by atoms with E-state index in [0.717, 1.165) is 25.1 Å². The summed E-state index contributed by atoms with van der Waals surface area (Å²) >= 11 is 0. The second-order valence-corrected chi connectivity index (χ2v) is 4.58. The van der Waals surface area contributed by atoms with Crippen LogP contribution in [0.1, 0.15) is 28.8 Å². The molecule has 102 valence electrons. The van der Waals surface area contributed by atoms with Crippen LogP contribution in [-0.2, 0) is 11.2 Å². The van der Waals surface area contributed by atoms with Crippen molar-refractivity contribution < 1.29 is 9.59 Å². The predicted molar refractivity (Wildman–Crippen MR) is 74.3 cm³/mol. The Morgan fingerprint density at radius 3 is 3.00 bits per heavy atom.